The molecule has 130 valence electrons. The summed E-state index contributed by atoms with van der Waals surface area (Å²) in [5.74, 6) is 1.29. The van der Waals surface area contributed by atoms with Gasteiger partial charge in [-0.3, -0.25) is 9.80 Å². The van der Waals surface area contributed by atoms with Crippen LogP contribution in [0.25, 0.3) is 0 Å². The van der Waals surface area contributed by atoms with Gasteiger partial charge in [-0.25, -0.2) is 0 Å². The lowest BCUT2D eigenvalue weighted by Crippen LogP contribution is -2.32. The predicted molar refractivity (Wildman–Crippen MR) is 91.3 cm³/mol. The highest BCUT2D eigenvalue weighted by molar-refractivity contribution is 5.14. The fourth-order valence-corrected chi connectivity index (χ4v) is 3.16. The first-order valence-electron chi connectivity index (χ1n) is 8.58. The molecular weight excluding hydrogens is 304 g/mol. The second-order valence-corrected chi connectivity index (χ2v) is 6.31. The average Bonchev–Trinajstić information content (AvgIpc) is 2.94. The van der Waals surface area contributed by atoms with Gasteiger partial charge >= 0.3 is 0 Å². The first-order chi connectivity index (χ1) is 11.8. The minimum Gasteiger partial charge on any atom is -0.377 e. The Morgan fingerprint density at radius 1 is 1.17 bits per heavy atom. The van der Waals surface area contributed by atoms with Gasteiger partial charge in [0.05, 0.1) is 6.04 Å². The maximum atomic E-state index is 5.40. The molecule has 1 aliphatic rings. The lowest BCUT2D eigenvalue weighted by molar-refractivity contribution is 0.169. The molecule has 0 radical (unpaired) electrons. The van der Waals surface area contributed by atoms with Crippen molar-refractivity contribution in [2.45, 2.75) is 32.5 Å². The van der Waals surface area contributed by atoms with Gasteiger partial charge in [0, 0.05) is 33.3 Å². The molecule has 1 saturated heterocycles. The van der Waals surface area contributed by atoms with E-state index in [4.69, 9.17) is 9.26 Å². The van der Waals surface area contributed by atoms with Crippen molar-refractivity contribution < 1.29 is 9.26 Å². The minimum atomic E-state index is 0.139. The number of benzene rings is 1. The Morgan fingerprint density at radius 3 is 2.79 bits per heavy atom. The number of ether oxygens (including phenoxy) is 1. The van der Waals surface area contributed by atoms with E-state index in [1.54, 1.807) is 7.11 Å². The summed E-state index contributed by atoms with van der Waals surface area (Å²) in [6.45, 7) is 7.78. The van der Waals surface area contributed by atoms with E-state index >= 15 is 0 Å². The zero-order chi connectivity index (χ0) is 16.8. The van der Waals surface area contributed by atoms with Crippen molar-refractivity contribution in [2.24, 2.45) is 0 Å². The van der Waals surface area contributed by atoms with E-state index in [0.29, 0.717) is 18.3 Å². The summed E-state index contributed by atoms with van der Waals surface area (Å²) in [5.41, 5.74) is 1.38. The van der Waals surface area contributed by atoms with Gasteiger partial charge in [0.2, 0.25) is 5.89 Å². The van der Waals surface area contributed by atoms with Crippen LogP contribution in [0.2, 0.25) is 0 Å². The summed E-state index contributed by atoms with van der Waals surface area (Å²) < 4.78 is 10.5. The van der Waals surface area contributed by atoms with Crippen LogP contribution in [0.3, 0.4) is 0 Å². The normalized spacial score (nSPS) is 18.4. The fourth-order valence-electron chi connectivity index (χ4n) is 3.16. The van der Waals surface area contributed by atoms with Gasteiger partial charge in [-0.2, -0.15) is 4.98 Å². The minimum absolute atomic E-state index is 0.139. The van der Waals surface area contributed by atoms with Gasteiger partial charge in [0.15, 0.2) is 5.82 Å². The van der Waals surface area contributed by atoms with Crippen LogP contribution in [0.1, 0.15) is 36.7 Å². The van der Waals surface area contributed by atoms with Crippen molar-refractivity contribution in [3.8, 4) is 0 Å². The lowest BCUT2D eigenvalue weighted by Gasteiger charge is -2.25. The predicted octanol–water partition coefficient (Wildman–Crippen LogP) is 2.48. The molecule has 0 bridgehead atoms. The maximum absolute atomic E-state index is 5.40. The number of methoxy groups -OCH3 is 1. The molecule has 0 N–H and O–H groups in total. The molecule has 1 aromatic carbocycles. The van der Waals surface area contributed by atoms with Crippen molar-refractivity contribution in [1.29, 1.82) is 0 Å². The largest absolute Gasteiger partial charge is 0.377 e. The average molecular weight is 330 g/mol. The van der Waals surface area contributed by atoms with Crippen LogP contribution in [0.5, 0.6) is 0 Å². The van der Waals surface area contributed by atoms with E-state index in [1.165, 1.54) is 5.56 Å². The van der Waals surface area contributed by atoms with Crippen molar-refractivity contribution in [3.63, 3.8) is 0 Å². The third-order valence-corrected chi connectivity index (χ3v) is 4.53. The van der Waals surface area contributed by atoms with Gasteiger partial charge in [0.1, 0.15) is 6.61 Å². The highest BCUT2D eigenvalue weighted by atomic mass is 16.5. The van der Waals surface area contributed by atoms with E-state index < -0.39 is 0 Å². The van der Waals surface area contributed by atoms with Crippen LogP contribution < -0.4 is 0 Å². The van der Waals surface area contributed by atoms with Crippen LogP contribution in [-0.4, -0.2) is 53.2 Å². The summed E-state index contributed by atoms with van der Waals surface area (Å²) in [6, 6.07) is 10.8. The summed E-state index contributed by atoms with van der Waals surface area (Å²) in [6.07, 6.45) is 1.15. The van der Waals surface area contributed by atoms with E-state index in [-0.39, 0.29) is 6.04 Å². The van der Waals surface area contributed by atoms with Crippen molar-refractivity contribution >= 4 is 0 Å². The number of aromatic nitrogens is 2. The highest BCUT2D eigenvalue weighted by Crippen LogP contribution is 2.21. The van der Waals surface area contributed by atoms with E-state index in [2.05, 4.69) is 57.2 Å². The number of hydrogen-bond acceptors (Lipinski definition) is 6. The lowest BCUT2D eigenvalue weighted by atomic mass is 10.2. The molecule has 2 aromatic rings. The van der Waals surface area contributed by atoms with Gasteiger partial charge < -0.3 is 9.26 Å². The quantitative estimate of drug-likeness (QED) is 0.811. The number of nitrogens with zero attached hydrogens (tertiary/aromatic N) is 4. The molecule has 1 atom stereocenters. The molecule has 6 heteroatoms. The Morgan fingerprint density at radius 2 is 2.00 bits per heavy atom. The number of hydrogen-bond donors (Lipinski definition) is 0. The molecule has 1 fully saturated rings. The molecule has 24 heavy (non-hydrogen) atoms. The highest BCUT2D eigenvalue weighted by Gasteiger charge is 2.24. The van der Waals surface area contributed by atoms with E-state index in [9.17, 15) is 0 Å². The second kappa shape index (κ2) is 8.37. The van der Waals surface area contributed by atoms with Crippen molar-refractivity contribution in [1.82, 2.24) is 19.9 Å². The van der Waals surface area contributed by atoms with Crippen LogP contribution in [0, 0.1) is 0 Å². The Hall–Kier alpha value is -1.76. The van der Waals surface area contributed by atoms with Crippen LogP contribution in [0.4, 0.5) is 0 Å². The van der Waals surface area contributed by atoms with E-state index in [1.807, 2.05) is 0 Å². The zero-order valence-electron chi connectivity index (χ0n) is 14.5. The smallest absolute Gasteiger partial charge is 0.243 e. The van der Waals surface area contributed by atoms with Crippen LogP contribution in [-0.2, 0) is 17.9 Å². The summed E-state index contributed by atoms with van der Waals surface area (Å²) in [7, 11) is 1.63. The monoisotopic (exact) mass is 330 g/mol. The molecule has 3 rings (SSSR count). The SMILES string of the molecule is COCc1noc([C@H](C)N2CCCN(Cc3ccccc3)CC2)n1. The molecule has 1 aliphatic heterocycles. The third kappa shape index (κ3) is 4.41. The van der Waals surface area contributed by atoms with Crippen LogP contribution >= 0.6 is 0 Å². The fraction of sp³-hybridized carbons (Fsp3) is 0.556. The molecular formula is C18H26N4O2. The molecule has 6 nitrogen and oxygen atoms in total. The Kier molecular flexibility index (Phi) is 5.96. The topological polar surface area (TPSA) is 54.6 Å². The summed E-state index contributed by atoms with van der Waals surface area (Å²) in [4.78, 5) is 9.38. The summed E-state index contributed by atoms with van der Waals surface area (Å²) in [5, 5.41) is 3.97. The van der Waals surface area contributed by atoms with Gasteiger partial charge in [-0.1, -0.05) is 35.5 Å². The third-order valence-electron chi connectivity index (χ3n) is 4.53. The van der Waals surface area contributed by atoms with Crippen molar-refractivity contribution in [2.75, 3.05) is 33.3 Å². The summed E-state index contributed by atoms with van der Waals surface area (Å²) >= 11 is 0. The molecule has 0 spiro atoms. The second-order valence-electron chi connectivity index (χ2n) is 6.31. The van der Waals surface area contributed by atoms with Crippen LogP contribution in [0.15, 0.2) is 34.9 Å². The molecule has 0 unspecified atom stereocenters. The maximum Gasteiger partial charge on any atom is 0.243 e. The Labute approximate surface area is 143 Å². The number of rotatable bonds is 6. The van der Waals surface area contributed by atoms with E-state index in [0.717, 1.165) is 39.1 Å². The van der Waals surface area contributed by atoms with Gasteiger partial charge in [-0.05, 0) is 25.5 Å². The first-order valence-corrected chi connectivity index (χ1v) is 8.58. The van der Waals surface area contributed by atoms with Gasteiger partial charge in [-0.15, -0.1) is 0 Å². The van der Waals surface area contributed by atoms with Gasteiger partial charge in [0.25, 0.3) is 0 Å². The molecule has 1 aromatic heterocycles. The molecule has 2 heterocycles. The standard InChI is InChI=1S/C18H26N4O2/c1-15(18-19-17(14-23-2)20-24-18)22-10-6-9-21(11-12-22)13-16-7-4-3-5-8-16/h3-5,7-8,15H,6,9-14H2,1-2H3/t15-/m0/s1. The zero-order valence-corrected chi connectivity index (χ0v) is 14.5. The Balaban J connectivity index is 1.56. The molecule has 0 aliphatic carbocycles. The molecule has 0 amide bonds. The molecule has 0 saturated carbocycles. The Bertz CT molecular complexity index is 616. The first kappa shape index (κ1) is 17.1. The van der Waals surface area contributed by atoms with Crippen molar-refractivity contribution in [3.05, 3.63) is 47.6 Å².